The molecule has 0 aromatic rings. The van der Waals surface area contributed by atoms with Gasteiger partial charge < -0.3 is 10.0 Å². The van der Waals surface area contributed by atoms with Gasteiger partial charge in [0.1, 0.15) is 11.6 Å². The van der Waals surface area contributed by atoms with Crippen LogP contribution in [-0.4, -0.2) is 40.8 Å². The number of carbonyl (C=O) groups is 3. The average Bonchev–Trinajstić information content (AvgIpc) is 2.42. The Morgan fingerprint density at radius 3 is 2.27 bits per heavy atom. The van der Waals surface area contributed by atoms with Crippen molar-refractivity contribution in [3.05, 3.63) is 0 Å². The Labute approximate surface area is 87.1 Å². The lowest BCUT2D eigenvalue weighted by molar-refractivity contribution is -0.128. The van der Waals surface area contributed by atoms with Gasteiger partial charge in [0.25, 0.3) is 0 Å². The van der Waals surface area contributed by atoms with Gasteiger partial charge in [-0.25, -0.2) is 4.79 Å². The van der Waals surface area contributed by atoms with Crippen molar-refractivity contribution in [3.63, 3.8) is 0 Å². The highest BCUT2D eigenvalue weighted by Gasteiger charge is 2.48. The lowest BCUT2D eigenvalue weighted by Crippen LogP contribution is -2.44. The first-order valence-electron chi connectivity index (χ1n) is 5.06. The zero-order valence-corrected chi connectivity index (χ0v) is 8.36. The van der Waals surface area contributed by atoms with Gasteiger partial charge in [0.2, 0.25) is 0 Å². The van der Waals surface area contributed by atoms with E-state index in [1.165, 1.54) is 4.90 Å². The fraction of sp³-hybridized carbons (Fsp3) is 0.700. The number of carbonyl (C=O) groups excluding carboxylic acids is 2. The zero-order chi connectivity index (χ0) is 11.1. The minimum Gasteiger partial charge on any atom is -0.465 e. The van der Waals surface area contributed by atoms with E-state index in [1.807, 2.05) is 0 Å². The lowest BCUT2D eigenvalue weighted by atomic mass is 9.76. The molecule has 0 aromatic heterocycles. The Hall–Kier alpha value is -1.39. The maximum atomic E-state index is 11.7. The molecule has 1 heterocycles. The predicted octanol–water partition coefficient (Wildman–Crippen LogP) is 0.679. The number of nitrogens with zero attached hydrogens (tertiary/aromatic N) is 1. The van der Waals surface area contributed by atoms with Gasteiger partial charge in [0, 0.05) is 24.9 Å². The van der Waals surface area contributed by atoms with Crippen molar-refractivity contribution >= 4 is 17.7 Å². The van der Waals surface area contributed by atoms with E-state index in [1.54, 1.807) is 0 Å². The van der Waals surface area contributed by atoms with Gasteiger partial charge in [-0.05, 0) is 12.8 Å². The molecule has 1 amide bonds. The molecule has 1 aliphatic carbocycles. The number of hydrogen-bond donors (Lipinski definition) is 1. The average molecular weight is 211 g/mol. The maximum Gasteiger partial charge on any atom is 0.407 e. The highest BCUT2D eigenvalue weighted by Crippen LogP contribution is 2.41. The molecule has 0 atom stereocenters. The van der Waals surface area contributed by atoms with Crippen LogP contribution in [0.1, 0.15) is 25.7 Å². The van der Waals surface area contributed by atoms with Crippen LogP contribution in [-0.2, 0) is 9.59 Å². The molecule has 1 N–H and O–H groups in total. The predicted molar refractivity (Wildman–Crippen MR) is 50.5 cm³/mol. The first-order valence-corrected chi connectivity index (χ1v) is 5.06. The largest absolute Gasteiger partial charge is 0.465 e. The molecule has 0 bridgehead atoms. The van der Waals surface area contributed by atoms with E-state index in [4.69, 9.17) is 5.11 Å². The van der Waals surface area contributed by atoms with E-state index in [2.05, 4.69) is 0 Å². The summed E-state index contributed by atoms with van der Waals surface area (Å²) >= 11 is 0. The highest BCUT2D eigenvalue weighted by molar-refractivity contribution is 6.09. The summed E-state index contributed by atoms with van der Waals surface area (Å²) in [5.74, 6) is 0.0151. The molecule has 1 saturated carbocycles. The van der Waals surface area contributed by atoms with Crippen LogP contribution < -0.4 is 0 Å². The van der Waals surface area contributed by atoms with E-state index in [9.17, 15) is 14.4 Å². The molecule has 82 valence electrons. The fourth-order valence-corrected chi connectivity index (χ4v) is 2.49. The molecule has 5 nitrogen and oxygen atoms in total. The second-order valence-corrected chi connectivity index (χ2v) is 4.37. The van der Waals surface area contributed by atoms with Gasteiger partial charge in [-0.3, -0.25) is 9.59 Å². The number of ketones is 2. The molecule has 0 unspecified atom stereocenters. The van der Waals surface area contributed by atoms with Crippen molar-refractivity contribution in [1.29, 1.82) is 0 Å². The summed E-state index contributed by atoms with van der Waals surface area (Å²) in [6.07, 6.45) is 0.432. The Morgan fingerprint density at radius 2 is 1.87 bits per heavy atom. The van der Waals surface area contributed by atoms with E-state index in [0.29, 0.717) is 32.4 Å². The number of Topliss-reactive ketones (excluding diaryl/α,β-unsaturated/α-hetero) is 2. The standard InChI is InChI=1S/C10H13NO4/c12-7-5-8(13)10(6-7)1-3-11(4-2-10)9(14)15/h1-6H2,(H,14,15). The van der Waals surface area contributed by atoms with E-state index in [-0.39, 0.29) is 18.0 Å². The van der Waals surface area contributed by atoms with Crippen LogP contribution in [0.3, 0.4) is 0 Å². The fourth-order valence-electron chi connectivity index (χ4n) is 2.49. The van der Waals surface area contributed by atoms with Crippen LogP contribution >= 0.6 is 0 Å². The van der Waals surface area contributed by atoms with E-state index < -0.39 is 11.5 Å². The first-order chi connectivity index (χ1) is 7.03. The van der Waals surface area contributed by atoms with Crippen LogP contribution in [0.5, 0.6) is 0 Å². The van der Waals surface area contributed by atoms with Crippen LogP contribution in [0.4, 0.5) is 4.79 Å². The lowest BCUT2D eigenvalue weighted by Gasteiger charge is -2.36. The van der Waals surface area contributed by atoms with Crippen molar-refractivity contribution in [2.75, 3.05) is 13.1 Å². The normalized spacial score (nSPS) is 24.9. The molecule has 2 rings (SSSR count). The van der Waals surface area contributed by atoms with Crippen LogP contribution in [0, 0.1) is 5.41 Å². The number of rotatable bonds is 0. The van der Waals surface area contributed by atoms with Gasteiger partial charge in [-0.1, -0.05) is 0 Å². The van der Waals surface area contributed by atoms with Gasteiger partial charge in [0.05, 0.1) is 6.42 Å². The van der Waals surface area contributed by atoms with Gasteiger partial charge >= 0.3 is 6.09 Å². The molecule has 2 aliphatic rings. The molecule has 1 saturated heterocycles. The molecule has 0 radical (unpaired) electrons. The van der Waals surface area contributed by atoms with Crippen molar-refractivity contribution in [2.24, 2.45) is 5.41 Å². The maximum absolute atomic E-state index is 11.7. The summed E-state index contributed by atoms with van der Waals surface area (Å²) in [5, 5.41) is 8.76. The van der Waals surface area contributed by atoms with Gasteiger partial charge in [-0.15, -0.1) is 0 Å². The summed E-state index contributed by atoms with van der Waals surface area (Å²) in [6, 6.07) is 0. The Morgan fingerprint density at radius 1 is 1.27 bits per heavy atom. The number of carboxylic acid groups (broad SMARTS) is 1. The van der Waals surface area contributed by atoms with Gasteiger partial charge in [-0.2, -0.15) is 0 Å². The second kappa shape index (κ2) is 3.32. The topological polar surface area (TPSA) is 74.7 Å². The van der Waals surface area contributed by atoms with Crippen molar-refractivity contribution < 1.29 is 19.5 Å². The Kier molecular flexibility index (Phi) is 2.25. The SMILES string of the molecule is O=C1CC(=O)C2(CCN(C(=O)O)CC2)C1. The number of likely N-dealkylation sites (tertiary alicyclic amines) is 1. The number of amides is 1. The first kappa shape index (κ1) is 10.1. The molecular weight excluding hydrogens is 198 g/mol. The molecule has 1 spiro atoms. The monoisotopic (exact) mass is 211 g/mol. The van der Waals surface area contributed by atoms with E-state index >= 15 is 0 Å². The summed E-state index contributed by atoms with van der Waals surface area (Å²) < 4.78 is 0. The summed E-state index contributed by atoms with van der Waals surface area (Å²) in [7, 11) is 0. The van der Waals surface area contributed by atoms with Crippen LogP contribution in [0.2, 0.25) is 0 Å². The minimum absolute atomic E-state index is 0.00350. The van der Waals surface area contributed by atoms with Gasteiger partial charge in [0.15, 0.2) is 0 Å². The molecule has 5 heteroatoms. The molecule has 15 heavy (non-hydrogen) atoms. The van der Waals surface area contributed by atoms with Crippen LogP contribution in [0.25, 0.3) is 0 Å². The molecule has 2 fully saturated rings. The number of hydrogen-bond acceptors (Lipinski definition) is 3. The van der Waals surface area contributed by atoms with E-state index in [0.717, 1.165) is 0 Å². The minimum atomic E-state index is -0.943. The van der Waals surface area contributed by atoms with Crippen molar-refractivity contribution in [3.8, 4) is 0 Å². The molecule has 0 aromatic carbocycles. The summed E-state index contributed by atoms with van der Waals surface area (Å²) in [6.45, 7) is 0.739. The number of piperidine rings is 1. The summed E-state index contributed by atoms with van der Waals surface area (Å²) in [4.78, 5) is 34.8. The Balaban J connectivity index is 2.06. The molecular formula is C10H13NO4. The van der Waals surface area contributed by atoms with Crippen LogP contribution in [0.15, 0.2) is 0 Å². The Bertz CT molecular complexity index is 328. The third kappa shape index (κ3) is 1.62. The quantitative estimate of drug-likeness (QED) is 0.598. The molecule has 1 aliphatic heterocycles. The zero-order valence-electron chi connectivity index (χ0n) is 8.36. The van der Waals surface area contributed by atoms with Crippen molar-refractivity contribution in [1.82, 2.24) is 4.90 Å². The highest BCUT2D eigenvalue weighted by atomic mass is 16.4. The smallest absolute Gasteiger partial charge is 0.407 e. The third-order valence-corrected chi connectivity index (χ3v) is 3.48. The third-order valence-electron chi connectivity index (χ3n) is 3.48. The summed E-state index contributed by atoms with van der Waals surface area (Å²) in [5.41, 5.74) is -0.525. The van der Waals surface area contributed by atoms with Crippen molar-refractivity contribution in [2.45, 2.75) is 25.7 Å². The second-order valence-electron chi connectivity index (χ2n) is 4.37.